The number of anilines is 1. The van der Waals surface area contributed by atoms with Crippen molar-refractivity contribution in [3.63, 3.8) is 0 Å². The van der Waals surface area contributed by atoms with E-state index in [0.29, 0.717) is 18.5 Å². The van der Waals surface area contributed by atoms with E-state index >= 15 is 0 Å². The van der Waals surface area contributed by atoms with E-state index < -0.39 is 17.8 Å². The Morgan fingerprint density at radius 2 is 1.52 bits per heavy atom. The first-order chi connectivity index (χ1) is 12.0. The van der Waals surface area contributed by atoms with Gasteiger partial charge in [-0.3, -0.25) is 9.59 Å². The number of nitrogens with one attached hydrogen (secondary N) is 1. The van der Waals surface area contributed by atoms with Gasteiger partial charge in [0.1, 0.15) is 0 Å². The fourth-order valence-corrected chi connectivity index (χ4v) is 3.14. The molecule has 0 aliphatic heterocycles. The van der Waals surface area contributed by atoms with Crippen molar-refractivity contribution in [2.75, 3.05) is 5.32 Å². The van der Waals surface area contributed by atoms with Crippen molar-refractivity contribution in [2.24, 2.45) is 11.8 Å². The zero-order valence-electron chi connectivity index (χ0n) is 14.7. The van der Waals surface area contributed by atoms with Crippen LogP contribution in [0.2, 0.25) is 0 Å². The van der Waals surface area contributed by atoms with Crippen molar-refractivity contribution in [2.45, 2.75) is 32.6 Å². The van der Waals surface area contributed by atoms with Crippen LogP contribution in [0, 0.1) is 11.8 Å². The number of carboxylic acid groups (broad SMARTS) is 1. The van der Waals surface area contributed by atoms with Gasteiger partial charge in [0.05, 0.1) is 11.8 Å². The predicted octanol–water partition coefficient (Wildman–Crippen LogP) is 4.55. The molecule has 4 heteroatoms. The maximum absolute atomic E-state index is 12.6. The van der Waals surface area contributed by atoms with E-state index in [9.17, 15) is 14.7 Å². The third-order valence-corrected chi connectivity index (χ3v) is 4.60. The molecule has 0 heterocycles. The van der Waals surface area contributed by atoms with Crippen LogP contribution in [-0.4, -0.2) is 17.0 Å². The highest BCUT2D eigenvalue weighted by molar-refractivity contribution is 5.95. The molecule has 0 saturated carbocycles. The molecule has 2 aromatic rings. The maximum atomic E-state index is 12.6. The van der Waals surface area contributed by atoms with Gasteiger partial charge in [-0.2, -0.15) is 0 Å². The Morgan fingerprint density at radius 1 is 0.960 bits per heavy atom. The van der Waals surface area contributed by atoms with Crippen molar-refractivity contribution in [1.29, 1.82) is 0 Å². The van der Waals surface area contributed by atoms with E-state index in [2.05, 4.69) is 5.32 Å². The van der Waals surface area contributed by atoms with E-state index in [-0.39, 0.29) is 11.8 Å². The van der Waals surface area contributed by atoms with Crippen LogP contribution < -0.4 is 5.32 Å². The van der Waals surface area contributed by atoms with Crippen LogP contribution in [0.15, 0.2) is 60.7 Å². The van der Waals surface area contributed by atoms with Gasteiger partial charge in [-0.1, -0.05) is 62.4 Å². The molecule has 0 radical (unpaired) electrons. The highest BCUT2D eigenvalue weighted by atomic mass is 16.4. The van der Waals surface area contributed by atoms with E-state index in [1.165, 1.54) is 0 Å². The number of benzene rings is 2. The lowest BCUT2D eigenvalue weighted by molar-refractivity contribution is -0.146. The summed E-state index contributed by atoms with van der Waals surface area (Å²) in [5.41, 5.74) is 1.78. The molecule has 0 fully saturated rings. The van der Waals surface area contributed by atoms with Gasteiger partial charge in [0.15, 0.2) is 0 Å². The Hall–Kier alpha value is -2.62. The van der Waals surface area contributed by atoms with Crippen molar-refractivity contribution >= 4 is 17.6 Å². The second-order valence-electron chi connectivity index (χ2n) is 6.36. The molecule has 2 N–H and O–H groups in total. The fraction of sp³-hybridized carbons (Fsp3) is 0.333. The zero-order chi connectivity index (χ0) is 18.2. The van der Waals surface area contributed by atoms with Crippen LogP contribution in [0.25, 0.3) is 0 Å². The smallest absolute Gasteiger partial charge is 0.307 e. The van der Waals surface area contributed by atoms with Gasteiger partial charge in [0.25, 0.3) is 0 Å². The van der Waals surface area contributed by atoms with Gasteiger partial charge >= 0.3 is 5.97 Å². The third-order valence-electron chi connectivity index (χ3n) is 4.60. The van der Waals surface area contributed by atoms with Crippen LogP contribution in [0.3, 0.4) is 0 Å². The van der Waals surface area contributed by atoms with Crippen molar-refractivity contribution in [3.8, 4) is 0 Å². The van der Waals surface area contributed by atoms with Gasteiger partial charge in [-0.25, -0.2) is 0 Å². The quantitative estimate of drug-likeness (QED) is 0.741. The largest absolute Gasteiger partial charge is 0.481 e. The fourth-order valence-electron chi connectivity index (χ4n) is 3.14. The number of hydrogen-bond donors (Lipinski definition) is 2. The number of para-hydroxylation sites is 1. The van der Waals surface area contributed by atoms with E-state index in [0.717, 1.165) is 5.56 Å². The van der Waals surface area contributed by atoms with Crippen LogP contribution in [0.1, 0.15) is 38.2 Å². The molecule has 132 valence electrons. The average molecular weight is 339 g/mol. The molecule has 0 spiro atoms. The lowest BCUT2D eigenvalue weighted by Crippen LogP contribution is -2.34. The van der Waals surface area contributed by atoms with Crippen LogP contribution >= 0.6 is 0 Å². The number of hydrogen-bond acceptors (Lipinski definition) is 2. The third kappa shape index (κ3) is 5.18. The predicted molar refractivity (Wildman–Crippen MR) is 99.5 cm³/mol. The van der Waals surface area contributed by atoms with Gasteiger partial charge in [0.2, 0.25) is 5.91 Å². The summed E-state index contributed by atoms with van der Waals surface area (Å²) in [4.78, 5) is 24.5. The monoisotopic (exact) mass is 339 g/mol. The topological polar surface area (TPSA) is 66.4 Å². The molecule has 3 atom stereocenters. The molecule has 25 heavy (non-hydrogen) atoms. The summed E-state index contributed by atoms with van der Waals surface area (Å²) < 4.78 is 0. The van der Waals surface area contributed by atoms with Gasteiger partial charge in [-0.15, -0.1) is 0 Å². The van der Waals surface area contributed by atoms with Gasteiger partial charge in [0, 0.05) is 5.69 Å². The normalized spacial score (nSPS) is 14.3. The molecule has 3 unspecified atom stereocenters. The summed E-state index contributed by atoms with van der Waals surface area (Å²) in [6, 6.07) is 19.0. The molecule has 1 amide bonds. The Labute approximate surface area is 148 Å². The van der Waals surface area contributed by atoms with Crippen molar-refractivity contribution in [3.05, 3.63) is 66.2 Å². The van der Waals surface area contributed by atoms with E-state index in [1.807, 2.05) is 62.4 Å². The highest BCUT2D eigenvalue weighted by Crippen LogP contribution is 2.30. The molecule has 0 aliphatic rings. The number of carboxylic acids is 1. The number of amides is 1. The molecule has 0 aliphatic carbocycles. The van der Waals surface area contributed by atoms with E-state index in [1.54, 1.807) is 12.1 Å². The molecule has 2 rings (SSSR count). The lowest BCUT2D eigenvalue weighted by atomic mass is 9.80. The molecule has 0 saturated heterocycles. The summed E-state index contributed by atoms with van der Waals surface area (Å²) in [7, 11) is 0. The summed E-state index contributed by atoms with van der Waals surface area (Å²) in [5, 5.41) is 12.5. The van der Waals surface area contributed by atoms with Crippen LogP contribution in [0.4, 0.5) is 5.69 Å². The summed E-state index contributed by atoms with van der Waals surface area (Å²) in [5.74, 6) is -2.37. The average Bonchev–Trinajstić information content (AvgIpc) is 2.62. The number of rotatable bonds is 8. The first-order valence-corrected chi connectivity index (χ1v) is 8.66. The Bertz CT molecular complexity index is 685. The molecule has 0 aromatic heterocycles. The Morgan fingerprint density at radius 3 is 2.04 bits per heavy atom. The molecular weight excluding hydrogens is 314 g/mol. The first kappa shape index (κ1) is 18.7. The number of carbonyl (C=O) groups is 2. The minimum Gasteiger partial charge on any atom is -0.481 e. The minimum atomic E-state index is -0.919. The SMILES string of the molecule is CCC(C(=O)Nc1ccccc1)C(CC(C)c1ccccc1)C(=O)O. The maximum Gasteiger partial charge on any atom is 0.307 e. The summed E-state index contributed by atoms with van der Waals surface area (Å²) >= 11 is 0. The summed E-state index contributed by atoms with van der Waals surface area (Å²) in [6.07, 6.45) is 0.914. The number of carbonyl (C=O) groups excluding carboxylic acids is 1. The van der Waals surface area contributed by atoms with Crippen LogP contribution in [0.5, 0.6) is 0 Å². The second-order valence-corrected chi connectivity index (χ2v) is 6.36. The van der Waals surface area contributed by atoms with E-state index in [4.69, 9.17) is 0 Å². The zero-order valence-corrected chi connectivity index (χ0v) is 14.7. The molecule has 4 nitrogen and oxygen atoms in total. The highest BCUT2D eigenvalue weighted by Gasteiger charge is 2.33. The Kier molecular flexibility index (Phi) is 6.75. The number of aliphatic carboxylic acids is 1. The minimum absolute atomic E-state index is 0.0703. The lowest BCUT2D eigenvalue weighted by Gasteiger charge is -2.25. The van der Waals surface area contributed by atoms with Crippen LogP contribution in [-0.2, 0) is 9.59 Å². The van der Waals surface area contributed by atoms with Gasteiger partial charge in [-0.05, 0) is 36.5 Å². The molecule has 2 aromatic carbocycles. The molecular formula is C21H25NO3. The van der Waals surface area contributed by atoms with Gasteiger partial charge < -0.3 is 10.4 Å². The standard InChI is InChI=1S/C21H25NO3/c1-3-18(20(23)22-17-12-8-5-9-13-17)19(21(24)25)14-15(2)16-10-6-4-7-11-16/h4-13,15,18-19H,3,14H2,1-2H3,(H,22,23)(H,24,25). The first-order valence-electron chi connectivity index (χ1n) is 8.66. The molecule has 0 bridgehead atoms. The van der Waals surface area contributed by atoms with Crippen molar-refractivity contribution in [1.82, 2.24) is 0 Å². The summed E-state index contributed by atoms with van der Waals surface area (Å²) in [6.45, 7) is 3.87. The second kappa shape index (κ2) is 9.02. The van der Waals surface area contributed by atoms with Crippen molar-refractivity contribution < 1.29 is 14.7 Å². The Balaban J connectivity index is 2.12.